The van der Waals surface area contributed by atoms with E-state index in [0.717, 1.165) is 19.4 Å². The maximum absolute atomic E-state index is 10.6. The van der Waals surface area contributed by atoms with Crippen LogP contribution >= 0.6 is 0 Å². The second-order valence-corrected chi connectivity index (χ2v) is 3.02. The van der Waals surface area contributed by atoms with Crippen LogP contribution < -0.4 is 5.73 Å². The SMILES string of the molecule is CC(=O)CCCCn1ncc(N)n1. The molecule has 0 unspecified atom stereocenters. The van der Waals surface area contributed by atoms with Crippen LogP contribution in [0.4, 0.5) is 5.82 Å². The van der Waals surface area contributed by atoms with Crippen molar-refractivity contribution in [2.24, 2.45) is 0 Å². The molecule has 0 atom stereocenters. The lowest BCUT2D eigenvalue weighted by molar-refractivity contribution is -0.117. The first kappa shape index (κ1) is 9.70. The number of ketones is 1. The number of hydrogen-bond acceptors (Lipinski definition) is 4. The van der Waals surface area contributed by atoms with Crippen molar-refractivity contribution in [1.82, 2.24) is 15.0 Å². The van der Waals surface area contributed by atoms with E-state index in [0.29, 0.717) is 12.2 Å². The van der Waals surface area contributed by atoms with Gasteiger partial charge in [-0.25, -0.2) is 0 Å². The number of nitrogens with zero attached hydrogens (tertiary/aromatic N) is 3. The topological polar surface area (TPSA) is 73.8 Å². The quantitative estimate of drug-likeness (QED) is 0.677. The van der Waals surface area contributed by atoms with Crippen LogP contribution in [0.15, 0.2) is 6.20 Å². The Balaban J connectivity index is 2.16. The van der Waals surface area contributed by atoms with Crippen LogP contribution in [-0.2, 0) is 11.3 Å². The number of rotatable bonds is 5. The van der Waals surface area contributed by atoms with Crippen molar-refractivity contribution in [3.8, 4) is 0 Å². The smallest absolute Gasteiger partial charge is 0.165 e. The highest BCUT2D eigenvalue weighted by Gasteiger charge is 1.97. The first-order valence-corrected chi connectivity index (χ1v) is 4.33. The van der Waals surface area contributed by atoms with Crippen LogP contribution in [0, 0.1) is 0 Å². The van der Waals surface area contributed by atoms with Crippen molar-refractivity contribution in [3.05, 3.63) is 6.20 Å². The Hall–Kier alpha value is -1.39. The summed E-state index contributed by atoms with van der Waals surface area (Å²) in [5, 5.41) is 7.85. The fraction of sp³-hybridized carbons (Fsp3) is 0.625. The Kier molecular flexibility index (Phi) is 3.42. The molecule has 0 saturated carbocycles. The Bertz CT molecular complexity index is 281. The molecule has 0 aliphatic rings. The van der Waals surface area contributed by atoms with Gasteiger partial charge in [-0.05, 0) is 19.8 Å². The summed E-state index contributed by atoms with van der Waals surface area (Å²) < 4.78 is 0. The fourth-order valence-electron chi connectivity index (χ4n) is 1.05. The minimum Gasteiger partial charge on any atom is -0.381 e. The minimum absolute atomic E-state index is 0.230. The Labute approximate surface area is 76.9 Å². The number of anilines is 1. The normalized spacial score (nSPS) is 10.2. The second-order valence-electron chi connectivity index (χ2n) is 3.02. The van der Waals surface area contributed by atoms with Crippen LogP contribution in [0.5, 0.6) is 0 Å². The number of hydrogen-bond donors (Lipinski definition) is 1. The van der Waals surface area contributed by atoms with Crippen LogP contribution in [-0.4, -0.2) is 20.8 Å². The Morgan fingerprint density at radius 1 is 1.62 bits per heavy atom. The highest BCUT2D eigenvalue weighted by molar-refractivity contribution is 5.75. The van der Waals surface area contributed by atoms with Gasteiger partial charge >= 0.3 is 0 Å². The van der Waals surface area contributed by atoms with Crippen molar-refractivity contribution in [3.63, 3.8) is 0 Å². The largest absolute Gasteiger partial charge is 0.381 e. The van der Waals surface area contributed by atoms with E-state index < -0.39 is 0 Å². The molecular formula is C8H14N4O. The van der Waals surface area contributed by atoms with Gasteiger partial charge in [-0.15, -0.1) is 5.10 Å². The minimum atomic E-state index is 0.230. The van der Waals surface area contributed by atoms with E-state index in [2.05, 4.69) is 10.2 Å². The summed E-state index contributed by atoms with van der Waals surface area (Å²) >= 11 is 0. The molecule has 1 aromatic heterocycles. The number of carbonyl (C=O) groups is 1. The molecule has 0 aliphatic heterocycles. The van der Waals surface area contributed by atoms with Crippen molar-refractivity contribution in [2.45, 2.75) is 32.7 Å². The van der Waals surface area contributed by atoms with Gasteiger partial charge in [0.15, 0.2) is 5.82 Å². The molecular weight excluding hydrogens is 168 g/mol. The van der Waals surface area contributed by atoms with Crippen molar-refractivity contribution >= 4 is 11.6 Å². The molecule has 0 fully saturated rings. The summed E-state index contributed by atoms with van der Waals surface area (Å²) in [6.45, 7) is 2.33. The predicted octanol–water partition coefficient (Wildman–Crippen LogP) is 0.620. The van der Waals surface area contributed by atoms with Crippen LogP contribution in [0.1, 0.15) is 26.2 Å². The van der Waals surface area contributed by atoms with Crippen LogP contribution in [0.3, 0.4) is 0 Å². The van der Waals surface area contributed by atoms with Crippen molar-refractivity contribution < 1.29 is 4.79 Å². The number of unbranched alkanes of at least 4 members (excludes halogenated alkanes) is 1. The molecule has 2 N–H and O–H groups in total. The highest BCUT2D eigenvalue weighted by atomic mass is 16.1. The average Bonchev–Trinajstić information content (AvgIpc) is 2.45. The highest BCUT2D eigenvalue weighted by Crippen LogP contribution is 1.99. The third kappa shape index (κ3) is 3.68. The first-order valence-electron chi connectivity index (χ1n) is 4.33. The van der Waals surface area contributed by atoms with E-state index in [1.807, 2.05) is 0 Å². The van der Waals surface area contributed by atoms with Gasteiger partial charge in [0.05, 0.1) is 12.7 Å². The van der Waals surface area contributed by atoms with Crippen molar-refractivity contribution in [2.75, 3.05) is 5.73 Å². The first-order chi connectivity index (χ1) is 6.18. The Morgan fingerprint density at radius 3 is 2.92 bits per heavy atom. The number of aromatic nitrogens is 3. The third-order valence-corrected chi connectivity index (χ3v) is 1.69. The number of Topliss-reactive ketones (excluding diaryl/α,β-unsaturated/α-hetero) is 1. The number of aryl methyl sites for hydroxylation is 1. The second kappa shape index (κ2) is 4.59. The molecule has 1 rings (SSSR count). The molecule has 0 bridgehead atoms. The van der Waals surface area contributed by atoms with Gasteiger partial charge in [-0.2, -0.15) is 9.90 Å². The van der Waals surface area contributed by atoms with Crippen LogP contribution in [0.25, 0.3) is 0 Å². The van der Waals surface area contributed by atoms with E-state index in [1.54, 1.807) is 11.7 Å². The summed E-state index contributed by atoms with van der Waals surface area (Å²) in [5.74, 6) is 0.666. The zero-order valence-corrected chi connectivity index (χ0v) is 7.73. The van der Waals surface area contributed by atoms with Gasteiger partial charge in [0, 0.05) is 6.42 Å². The van der Waals surface area contributed by atoms with E-state index in [1.165, 1.54) is 6.20 Å². The molecule has 0 saturated heterocycles. The zero-order chi connectivity index (χ0) is 9.68. The summed E-state index contributed by atoms with van der Waals surface area (Å²) in [6.07, 6.45) is 3.95. The van der Waals surface area contributed by atoms with Gasteiger partial charge in [0.1, 0.15) is 5.78 Å². The number of nitrogen functional groups attached to an aromatic ring is 1. The average molecular weight is 182 g/mol. The standard InChI is InChI=1S/C8H14N4O/c1-7(13)4-2-3-5-12-10-6-8(9)11-12/h6H,2-5H2,1H3,(H2,9,11). The maximum Gasteiger partial charge on any atom is 0.165 e. The molecule has 13 heavy (non-hydrogen) atoms. The molecule has 0 aliphatic carbocycles. The lowest BCUT2D eigenvalue weighted by Crippen LogP contribution is -2.03. The van der Waals surface area contributed by atoms with E-state index in [-0.39, 0.29) is 5.78 Å². The molecule has 0 radical (unpaired) electrons. The number of carbonyl (C=O) groups excluding carboxylic acids is 1. The molecule has 5 heteroatoms. The molecule has 1 heterocycles. The Morgan fingerprint density at radius 2 is 2.38 bits per heavy atom. The lowest BCUT2D eigenvalue weighted by Gasteiger charge is -1.97. The zero-order valence-electron chi connectivity index (χ0n) is 7.73. The summed E-state index contributed by atoms with van der Waals surface area (Å²) in [6, 6.07) is 0. The molecule has 1 aromatic rings. The monoisotopic (exact) mass is 182 g/mol. The lowest BCUT2D eigenvalue weighted by atomic mass is 10.2. The van der Waals surface area contributed by atoms with Crippen molar-refractivity contribution in [1.29, 1.82) is 0 Å². The molecule has 0 aromatic carbocycles. The van der Waals surface area contributed by atoms with E-state index in [9.17, 15) is 4.79 Å². The third-order valence-electron chi connectivity index (χ3n) is 1.69. The van der Waals surface area contributed by atoms with Gasteiger partial charge in [-0.1, -0.05) is 0 Å². The van der Waals surface area contributed by atoms with Crippen LogP contribution in [0.2, 0.25) is 0 Å². The van der Waals surface area contributed by atoms with Gasteiger partial charge in [-0.3, -0.25) is 0 Å². The summed E-state index contributed by atoms with van der Waals surface area (Å²) in [7, 11) is 0. The fourth-order valence-corrected chi connectivity index (χ4v) is 1.05. The molecule has 72 valence electrons. The maximum atomic E-state index is 10.6. The van der Waals surface area contributed by atoms with E-state index in [4.69, 9.17) is 5.73 Å². The molecule has 0 spiro atoms. The summed E-state index contributed by atoms with van der Waals surface area (Å²) in [5.41, 5.74) is 5.38. The van der Waals surface area contributed by atoms with Gasteiger partial charge < -0.3 is 10.5 Å². The van der Waals surface area contributed by atoms with Gasteiger partial charge in [0.25, 0.3) is 0 Å². The van der Waals surface area contributed by atoms with E-state index >= 15 is 0 Å². The summed E-state index contributed by atoms with van der Waals surface area (Å²) in [4.78, 5) is 12.2. The van der Waals surface area contributed by atoms with Gasteiger partial charge in [0.2, 0.25) is 0 Å². The predicted molar refractivity (Wildman–Crippen MR) is 49.0 cm³/mol. The molecule has 5 nitrogen and oxygen atoms in total. The molecule has 0 amide bonds. The number of nitrogens with two attached hydrogens (primary N) is 1.